The molecule has 0 N–H and O–H groups in total. The Balaban J connectivity index is 0.0000000905. The summed E-state index contributed by atoms with van der Waals surface area (Å²) in [5, 5.41) is 5.42. The second-order valence-corrected chi connectivity index (χ2v) is 30.3. The molecule has 101 heavy (non-hydrogen) atoms. The van der Waals surface area contributed by atoms with Crippen molar-refractivity contribution in [2.75, 3.05) is 0 Å². The summed E-state index contributed by atoms with van der Waals surface area (Å²) < 4.78 is 30.1. The molecule has 22 rings (SSSR count). The highest BCUT2D eigenvalue weighted by molar-refractivity contribution is 7.21. The molecule has 6 aliphatic rings. The molecule has 9 aromatic heterocycles. The van der Waals surface area contributed by atoms with Gasteiger partial charge >= 0.3 is 29.4 Å². The highest BCUT2D eigenvalue weighted by Gasteiger charge is 2.46. The van der Waals surface area contributed by atoms with Gasteiger partial charge in [-0.3, -0.25) is 0 Å². The minimum atomic E-state index is 0.346. The standard InChI is InChI=1S/C16H14NO.C16H14NS.C15H14N2S.C15H14N2.C14H14N.C13H14N2/c2*1-10-7-8-12-13(9-10)11(2)17-14-5-3-4-6-15(14)18-16(12)17;1-10-7-8-13-15-17(11(2)16(13)9-10)12-5-3-4-6-14(12)18-15;1-10-8-13-6-5-12-4-3-7-16-11(2)17(9-10)15(13)14(12)16;1-10-7-8-14-13-6-4-3-5-12(13)11(2)15(14)9-10;1-10-6-7-13-12-5-3-4-8-14(12)11(2)15(13)9-10/h3*3-9,11H,1-2H3;3-9,11H,1-2H3;2*3-9,11H,1-2H3/q2*+1;2*+2;+1;+2/t2*11-;;;;/m11..../s1. The minimum absolute atomic E-state index is 0.346. The molecule has 12 heteroatoms. The molecule has 6 aliphatic heterocycles. The number of fused-ring (bicyclic) bond motifs is 21. The molecule has 0 saturated carbocycles. The van der Waals surface area contributed by atoms with Gasteiger partial charge in [-0.05, 0) is 139 Å². The Morgan fingerprint density at radius 1 is 0.307 bits per heavy atom. The first kappa shape index (κ1) is 63.6. The molecule has 0 radical (unpaired) electrons. The van der Waals surface area contributed by atoms with Crippen LogP contribution in [0.15, 0.2) is 260 Å². The minimum Gasteiger partial charge on any atom is -0.398 e. The molecule has 6 atom stereocenters. The zero-order chi connectivity index (χ0) is 69.2. The summed E-state index contributed by atoms with van der Waals surface area (Å²) in [5.41, 5.74) is 29.0. The summed E-state index contributed by atoms with van der Waals surface area (Å²) in [5.74, 6) is 0.985. The number of hydrogen-bond donors (Lipinski definition) is 0. The average Bonchev–Trinajstić information content (AvgIpc) is 1.60. The largest absolute Gasteiger partial charge is 0.398 e. The fraction of sp³-hybridized carbons (Fsp3) is 0.202. The van der Waals surface area contributed by atoms with Crippen LogP contribution in [-0.4, -0.2) is 0 Å². The SMILES string of the molecule is Cc1cc2ccc3ccc[n+]4c3c2[n+](c1)C4C.Cc1ccc2[n+](c1)C(C)[n+]1c-2sc2ccccc21.Cc1ccc2[n+](c1)C(C)[n+]1ccccc1-2.Cc1ccc2[n+](c1)C(C)c1ccccc1-2.Cc1ccc2c(c1)[C@@H](C)[n+]1c-2oc2ccccc21.Cc1ccc2c(c1)[C@@H](C)[n+]1c-2sc2ccccc21. The first-order chi connectivity index (χ1) is 49.1. The smallest absolute Gasteiger partial charge is 0.382 e. The van der Waals surface area contributed by atoms with Crippen molar-refractivity contribution in [3.8, 4) is 55.4 Å². The van der Waals surface area contributed by atoms with Crippen molar-refractivity contribution in [3.05, 3.63) is 306 Å². The van der Waals surface area contributed by atoms with Crippen molar-refractivity contribution < 1.29 is 45.5 Å². The van der Waals surface area contributed by atoms with E-state index in [0.717, 1.165) is 11.5 Å². The predicted molar refractivity (Wildman–Crippen MR) is 403 cm³/mol. The zero-order valence-corrected chi connectivity index (χ0v) is 61.1. The number of thiazole rings is 2. The van der Waals surface area contributed by atoms with Crippen LogP contribution >= 0.6 is 22.7 Å². The molecule has 494 valence electrons. The summed E-state index contributed by atoms with van der Waals surface area (Å²) in [6.07, 6.45) is 14.4. The van der Waals surface area contributed by atoms with E-state index >= 15 is 0 Å². The van der Waals surface area contributed by atoms with Gasteiger partial charge in [0.1, 0.15) is 9.40 Å². The molecule has 0 spiro atoms. The number of oxazole rings is 1. The van der Waals surface area contributed by atoms with E-state index in [9.17, 15) is 0 Å². The fourth-order valence-corrected chi connectivity index (χ4v) is 18.9. The van der Waals surface area contributed by atoms with Crippen LogP contribution in [-0.2, 0) is 0 Å². The molecule has 0 amide bonds. The zero-order valence-electron chi connectivity index (χ0n) is 59.5. The van der Waals surface area contributed by atoms with Gasteiger partial charge in [0, 0.05) is 114 Å². The van der Waals surface area contributed by atoms with E-state index in [2.05, 4.69) is 368 Å². The van der Waals surface area contributed by atoms with Gasteiger partial charge in [-0.2, -0.15) is 9.13 Å². The lowest BCUT2D eigenvalue weighted by Crippen LogP contribution is -2.50. The number of aromatic nitrogens is 9. The average molecular weight is 1360 g/mol. The van der Waals surface area contributed by atoms with Gasteiger partial charge in [0.25, 0.3) is 38.6 Å². The first-order valence-electron chi connectivity index (χ1n) is 35.5. The summed E-state index contributed by atoms with van der Waals surface area (Å²) in [4.78, 5) is 0. The molecular weight excluding hydrogens is 1280 g/mol. The van der Waals surface area contributed by atoms with E-state index in [1.165, 1.54) is 147 Å². The maximum absolute atomic E-state index is 6.01. The van der Waals surface area contributed by atoms with E-state index in [0.29, 0.717) is 36.6 Å². The summed E-state index contributed by atoms with van der Waals surface area (Å²) in [7, 11) is 0. The Kier molecular flexibility index (Phi) is 15.8. The Morgan fingerprint density at radius 3 is 1.57 bits per heavy atom. The van der Waals surface area contributed by atoms with Gasteiger partial charge in [-0.15, -0.1) is 32.0 Å². The summed E-state index contributed by atoms with van der Waals surface area (Å²) >= 11 is 3.78. The molecule has 0 aliphatic carbocycles. The van der Waals surface area contributed by atoms with Crippen molar-refractivity contribution in [3.63, 3.8) is 0 Å². The van der Waals surface area contributed by atoms with E-state index in [-0.39, 0.29) is 0 Å². The summed E-state index contributed by atoms with van der Waals surface area (Å²) in [6, 6.07) is 79.5. The number of hydrogen-bond acceptors (Lipinski definition) is 3. The third-order valence-electron chi connectivity index (χ3n) is 21.4. The predicted octanol–water partition coefficient (Wildman–Crippen LogP) is 17.3. The molecule has 0 fully saturated rings. The van der Waals surface area contributed by atoms with Gasteiger partial charge in [0.05, 0.1) is 48.2 Å². The lowest BCUT2D eigenvalue weighted by Gasteiger charge is -2.02. The lowest BCUT2D eigenvalue weighted by molar-refractivity contribution is -0.906. The maximum Gasteiger partial charge on any atom is 0.382 e. The number of benzene rings is 7. The molecule has 0 saturated heterocycles. The monoisotopic (exact) mass is 1360 g/mol. The van der Waals surface area contributed by atoms with Gasteiger partial charge in [0.15, 0.2) is 55.3 Å². The number of para-hydroxylation sites is 4. The molecule has 15 heterocycles. The van der Waals surface area contributed by atoms with Crippen molar-refractivity contribution >= 4 is 76.0 Å². The van der Waals surface area contributed by atoms with Gasteiger partial charge in [-0.25, -0.2) is 0 Å². The van der Waals surface area contributed by atoms with Crippen LogP contribution in [0.4, 0.5) is 0 Å². The summed E-state index contributed by atoms with van der Waals surface area (Å²) in [6.45, 7) is 26.4. The quantitative estimate of drug-likeness (QED) is 0.110. The van der Waals surface area contributed by atoms with Crippen molar-refractivity contribution in [1.29, 1.82) is 0 Å². The third kappa shape index (κ3) is 10.7. The van der Waals surface area contributed by atoms with E-state index in [1.54, 1.807) is 0 Å². The van der Waals surface area contributed by atoms with E-state index in [4.69, 9.17) is 4.42 Å². The Bertz CT molecular complexity index is 5620. The molecule has 10 nitrogen and oxygen atoms in total. The van der Waals surface area contributed by atoms with Crippen LogP contribution in [0.3, 0.4) is 0 Å². The van der Waals surface area contributed by atoms with Crippen LogP contribution in [0.2, 0.25) is 0 Å². The van der Waals surface area contributed by atoms with Crippen LogP contribution in [0.5, 0.6) is 0 Å². The number of aryl methyl sites for hydroxylation is 6. The van der Waals surface area contributed by atoms with Crippen LogP contribution < -0.4 is 41.1 Å². The normalized spacial score (nSPS) is 17.1. The van der Waals surface area contributed by atoms with Crippen LogP contribution in [0.25, 0.3) is 109 Å². The Hall–Kier alpha value is -10.8. The highest BCUT2D eigenvalue weighted by atomic mass is 32.1. The second-order valence-electron chi connectivity index (χ2n) is 28.2. The van der Waals surface area contributed by atoms with Gasteiger partial charge in [-0.1, -0.05) is 101 Å². The van der Waals surface area contributed by atoms with Crippen LogP contribution in [0, 0.1) is 41.5 Å². The number of nitrogens with zero attached hydrogens (tertiary/aromatic N) is 9. The van der Waals surface area contributed by atoms with E-state index < -0.39 is 0 Å². The molecule has 4 unspecified atom stereocenters. The van der Waals surface area contributed by atoms with Gasteiger partial charge < -0.3 is 4.42 Å². The van der Waals surface area contributed by atoms with Crippen molar-refractivity contribution in [1.82, 2.24) is 0 Å². The number of rotatable bonds is 0. The van der Waals surface area contributed by atoms with E-state index in [1.807, 2.05) is 34.8 Å². The highest BCUT2D eigenvalue weighted by Crippen LogP contribution is 2.42. The second kappa shape index (κ2) is 25.1. The Morgan fingerprint density at radius 2 is 0.832 bits per heavy atom. The topological polar surface area (TPSA) is 48.1 Å². The van der Waals surface area contributed by atoms with Crippen molar-refractivity contribution in [2.24, 2.45) is 0 Å². The fourth-order valence-electron chi connectivity index (χ4n) is 16.4. The molecule has 16 aromatic rings. The molecule has 7 aromatic carbocycles. The first-order valence-corrected chi connectivity index (χ1v) is 37.1. The van der Waals surface area contributed by atoms with Gasteiger partial charge in [0.2, 0.25) is 22.3 Å². The lowest BCUT2D eigenvalue weighted by atomic mass is 10.0. The molecular formula is C89H84N9OS2+9. The Labute approximate surface area is 598 Å². The number of pyridine rings is 6. The maximum atomic E-state index is 6.01. The third-order valence-corrected chi connectivity index (χ3v) is 23.8. The van der Waals surface area contributed by atoms with Crippen molar-refractivity contribution in [2.45, 2.75) is 120 Å². The molecule has 0 bridgehead atoms. The van der Waals surface area contributed by atoms with Crippen LogP contribution in [0.1, 0.15) is 128 Å².